The first kappa shape index (κ1) is 24.1. The van der Waals surface area contributed by atoms with Crippen LogP contribution in [-0.4, -0.2) is 27.0 Å². The minimum absolute atomic E-state index is 0.109. The van der Waals surface area contributed by atoms with Crippen molar-refractivity contribution in [2.75, 3.05) is 11.9 Å². The Balaban J connectivity index is 2.02. The Morgan fingerprint density at radius 1 is 1.12 bits per heavy atom. The molecule has 0 spiro atoms. The number of urea groups is 1. The highest BCUT2D eigenvalue weighted by Gasteiger charge is 2.26. The van der Waals surface area contributed by atoms with Crippen molar-refractivity contribution >= 4 is 45.8 Å². The maximum atomic E-state index is 13.3. The smallest absolute Gasteiger partial charge is 0.315 e. The van der Waals surface area contributed by atoms with E-state index in [1.165, 1.54) is 0 Å². The molecule has 1 N–H and O–H groups in total. The SMILES string of the molecule is CCn1c(C(C)N(CCC(C)C)C(=O)Nc2cccc(Cl)c2Cl)nc2ccccc2c1=O. The first-order chi connectivity index (χ1) is 15.2. The summed E-state index contributed by atoms with van der Waals surface area (Å²) in [5.74, 6) is 0.942. The van der Waals surface area contributed by atoms with Crippen molar-refractivity contribution in [2.45, 2.75) is 46.7 Å². The molecule has 0 saturated heterocycles. The molecule has 1 heterocycles. The number of hydrogen-bond donors (Lipinski definition) is 1. The van der Waals surface area contributed by atoms with Crippen LogP contribution >= 0.6 is 23.2 Å². The molecule has 2 aromatic carbocycles. The number of fused-ring (bicyclic) bond motifs is 1. The zero-order chi connectivity index (χ0) is 23.4. The number of nitrogens with one attached hydrogen (secondary N) is 1. The first-order valence-electron chi connectivity index (χ1n) is 10.8. The minimum Gasteiger partial charge on any atom is -0.315 e. The number of anilines is 1. The summed E-state index contributed by atoms with van der Waals surface area (Å²) in [5.41, 5.74) is 0.943. The van der Waals surface area contributed by atoms with Gasteiger partial charge in [0.15, 0.2) is 0 Å². The highest BCUT2D eigenvalue weighted by molar-refractivity contribution is 6.43. The molecule has 6 nitrogen and oxygen atoms in total. The Bertz CT molecular complexity index is 1180. The van der Waals surface area contributed by atoms with Gasteiger partial charge >= 0.3 is 6.03 Å². The molecule has 0 saturated carbocycles. The summed E-state index contributed by atoms with van der Waals surface area (Å²) >= 11 is 12.4. The third-order valence-electron chi connectivity index (χ3n) is 5.45. The van der Waals surface area contributed by atoms with Crippen molar-refractivity contribution in [1.29, 1.82) is 0 Å². The van der Waals surface area contributed by atoms with Crippen molar-refractivity contribution < 1.29 is 4.79 Å². The molecule has 1 atom stereocenters. The van der Waals surface area contributed by atoms with Gasteiger partial charge in [0.25, 0.3) is 5.56 Å². The van der Waals surface area contributed by atoms with Crippen molar-refractivity contribution in [1.82, 2.24) is 14.5 Å². The Morgan fingerprint density at radius 2 is 1.84 bits per heavy atom. The lowest BCUT2D eigenvalue weighted by Gasteiger charge is -2.31. The van der Waals surface area contributed by atoms with Crippen LogP contribution in [0, 0.1) is 5.92 Å². The fraction of sp³-hybridized carbons (Fsp3) is 0.375. The molecule has 0 aliphatic heterocycles. The molecule has 0 aliphatic rings. The van der Waals surface area contributed by atoms with Gasteiger partial charge in [-0.3, -0.25) is 9.36 Å². The lowest BCUT2D eigenvalue weighted by atomic mass is 10.1. The average molecular weight is 475 g/mol. The van der Waals surface area contributed by atoms with E-state index in [2.05, 4.69) is 19.2 Å². The maximum absolute atomic E-state index is 13.3. The Labute approximate surface area is 198 Å². The van der Waals surface area contributed by atoms with Crippen LogP contribution in [0.1, 0.15) is 46.0 Å². The molecule has 0 fully saturated rings. The van der Waals surface area contributed by atoms with Crippen molar-refractivity contribution in [3.8, 4) is 0 Å². The summed E-state index contributed by atoms with van der Waals surface area (Å²) in [7, 11) is 0. The molecule has 0 aliphatic carbocycles. The highest BCUT2D eigenvalue weighted by Crippen LogP contribution is 2.30. The van der Waals surface area contributed by atoms with E-state index in [9.17, 15) is 9.59 Å². The van der Waals surface area contributed by atoms with Crippen LogP contribution in [0.25, 0.3) is 10.9 Å². The number of nitrogens with zero attached hydrogens (tertiary/aromatic N) is 3. The molecular formula is C24H28Cl2N4O2. The zero-order valence-electron chi connectivity index (χ0n) is 18.7. The Morgan fingerprint density at radius 3 is 2.53 bits per heavy atom. The minimum atomic E-state index is -0.441. The fourth-order valence-electron chi connectivity index (χ4n) is 3.60. The van der Waals surface area contributed by atoms with Gasteiger partial charge in [-0.2, -0.15) is 0 Å². The van der Waals surface area contributed by atoms with Gasteiger partial charge in [0.1, 0.15) is 5.82 Å². The van der Waals surface area contributed by atoms with Crippen LogP contribution in [0.2, 0.25) is 10.0 Å². The molecular weight excluding hydrogens is 447 g/mol. The number of halogens is 2. The summed E-state index contributed by atoms with van der Waals surface area (Å²) in [5, 5.41) is 4.08. The van der Waals surface area contributed by atoms with E-state index in [-0.39, 0.29) is 16.6 Å². The normalized spacial score (nSPS) is 12.2. The van der Waals surface area contributed by atoms with Gasteiger partial charge in [-0.1, -0.05) is 55.2 Å². The predicted molar refractivity (Wildman–Crippen MR) is 132 cm³/mol. The van der Waals surface area contributed by atoms with Gasteiger partial charge in [0, 0.05) is 13.1 Å². The van der Waals surface area contributed by atoms with Gasteiger partial charge < -0.3 is 10.2 Å². The number of aromatic nitrogens is 2. The number of amides is 2. The third kappa shape index (κ3) is 5.08. The van der Waals surface area contributed by atoms with E-state index in [1.807, 2.05) is 32.0 Å². The number of benzene rings is 2. The van der Waals surface area contributed by atoms with E-state index < -0.39 is 6.04 Å². The first-order valence-corrected chi connectivity index (χ1v) is 11.5. The lowest BCUT2D eigenvalue weighted by Crippen LogP contribution is -2.41. The van der Waals surface area contributed by atoms with E-state index >= 15 is 0 Å². The van der Waals surface area contributed by atoms with Crippen LogP contribution in [-0.2, 0) is 6.54 Å². The number of para-hydroxylation sites is 1. The second-order valence-electron chi connectivity index (χ2n) is 8.12. The topological polar surface area (TPSA) is 67.2 Å². The summed E-state index contributed by atoms with van der Waals surface area (Å²) < 4.78 is 1.63. The lowest BCUT2D eigenvalue weighted by molar-refractivity contribution is 0.184. The van der Waals surface area contributed by atoms with Crippen LogP contribution in [0.5, 0.6) is 0 Å². The van der Waals surface area contributed by atoms with Crippen molar-refractivity contribution in [3.05, 3.63) is 68.7 Å². The van der Waals surface area contributed by atoms with Crippen LogP contribution in [0.3, 0.4) is 0 Å². The Hall–Kier alpha value is -2.57. The average Bonchev–Trinajstić information content (AvgIpc) is 2.76. The molecule has 8 heteroatoms. The molecule has 3 aromatic rings. The summed E-state index contributed by atoms with van der Waals surface area (Å²) in [4.78, 5) is 32.9. The van der Waals surface area contributed by atoms with Crippen LogP contribution in [0.4, 0.5) is 10.5 Å². The van der Waals surface area contributed by atoms with Gasteiger partial charge in [-0.05, 0) is 50.5 Å². The number of carbonyl (C=O) groups is 1. The van der Waals surface area contributed by atoms with Crippen molar-refractivity contribution in [2.24, 2.45) is 5.92 Å². The largest absolute Gasteiger partial charge is 0.322 e. The zero-order valence-corrected chi connectivity index (χ0v) is 20.2. The second kappa shape index (κ2) is 10.4. The van der Waals surface area contributed by atoms with E-state index in [0.29, 0.717) is 46.4 Å². The summed E-state index contributed by atoms with van der Waals surface area (Å²) in [6, 6.07) is 11.6. The third-order valence-corrected chi connectivity index (χ3v) is 6.27. The predicted octanol–water partition coefficient (Wildman–Crippen LogP) is 6.36. The summed E-state index contributed by atoms with van der Waals surface area (Å²) in [6.07, 6.45) is 0.797. The highest BCUT2D eigenvalue weighted by atomic mass is 35.5. The molecule has 170 valence electrons. The van der Waals surface area contributed by atoms with Gasteiger partial charge in [0.05, 0.1) is 32.7 Å². The van der Waals surface area contributed by atoms with Crippen LogP contribution in [0.15, 0.2) is 47.3 Å². The molecule has 0 radical (unpaired) electrons. The molecule has 32 heavy (non-hydrogen) atoms. The monoisotopic (exact) mass is 474 g/mol. The Kier molecular flexibility index (Phi) is 7.80. The van der Waals surface area contributed by atoms with E-state index in [1.54, 1.807) is 33.7 Å². The molecule has 1 unspecified atom stereocenters. The standard InChI is InChI=1S/C24H28Cl2N4O2/c1-5-29-22(27-19-11-7-6-9-17(19)23(29)31)16(4)30(14-13-15(2)3)24(32)28-20-12-8-10-18(25)21(20)26/h6-12,15-16H,5,13-14H2,1-4H3,(H,28,32). The fourth-order valence-corrected chi connectivity index (χ4v) is 3.95. The molecule has 2 amide bonds. The molecule has 0 bridgehead atoms. The number of rotatable bonds is 7. The van der Waals surface area contributed by atoms with Crippen LogP contribution < -0.4 is 10.9 Å². The molecule has 3 rings (SSSR count). The van der Waals surface area contributed by atoms with Crippen molar-refractivity contribution in [3.63, 3.8) is 0 Å². The quantitative estimate of drug-likeness (QED) is 0.432. The van der Waals surface area contributed by atoms with E-state index in [0.717, 1.165) is 6.42 Å². The maximum Gasteiger partial charge on any atom is 0.322 e. The summed E-state index contributed by atoms with van der Waals surface area (Å²) in [6.45, 7) is 8.95. The van der Waals surface area contributed by atoms with Gasteiger partial charge in [-0.15, -0.1) is 0 Å². The number of hydrogen-bond acceptors (Lipinski definition) is 3. The number of carbonyl (C=O) groups excluding carboxylic acids is 1. The van der Waals surface area contributed by atoms with E-state index in [4.69, 9.17) is 28.2 Å². The molecule has 1 aromatic heterocycles. The second-order valence-corrected chi connectivity index (χ2v) is 8.91. The van der Waals surface area contributed by atoms with Gasteiger partial charge in [-0.25, -0.2) is 9.78 Å². The van der Waals surface area contributed by atoms with Gasteiger partial charge in [0.2, 0.25) is 0 Å².